The summed E-state index contributed by atoms with van der Waals surface area (Å²) in [6.07, 6.45) is 1.86. The summed E-state index contributed by atoms with van der Waals surface area (Å²) in [5.74, 6) is -0.113. The second-order valence-electron chi connectivity index (χ2n) is 4.18. The van der Waals surface area contributed by atoms with Crippen LogP contribution in [0.1, 0.15) is 18.4 Å². The Kier molecular flexibility index (Phi) is 6.78. The summed E-state index contributed by atoms with van der Waals surface area (Å²) in [5.41, 5.74) is 1.05. The first kappa shape index (κ1) is 14.4. The summed E-state index contributed by atoms with van der Waals surface area (Å²) < 4.78 is 5.45. The van der Waals surface area contributed by atoms with Crippen LogP contribution in [0.25, 0.3) is 0 Å². The molecule has 0 bridgehead atoms. The van der Waals surface area contributed by atoms with Crippen molar-refractivity contribution < 1.29 is 4.74 Å². The molecule has 1 rings (SSSR count). The van der Waals surface area contributed by atoms with Gasteiger partial charge < -0.3 is 10.1 Å². The molecule has 0 aliphatic rings. The minimum absolute atomic E-state index is 0.113. The van der Waals surface area contributed by atoms with Gasteiger partial charge in [0, 0.05) is 13.1 Å². The van der Waals surface area contributed by atoms with Gasteiger partial charge in [-0.25, -0.2) is 0 Å². The first-order chi connectivity index (χ1) is 8.77. The van der Waals surface area contributed by atoms with E-state index in [1.54, 1.807) is 6.08 Å². The molecule has 1 aromatic rings. The lowest BCUT2D eigenvalue weighted by molar-refractivity contribution is 0.0880. The summed E-state index contributed by atoms with van der Waals surface area (Å²) in [5, 5.41) is 12.4. The summed E-state index contributed by atoms with van der Waals surface area (Å²) in [6.45, 7) is 7.54. The number of ether oxygens (including phenoxy) is 1. The van der Waals surface area contributed by atoms with Crippen molar-refractivity contribution >= 4 is 0 Å². The molecule has 1 aromatic carbocycles. The number of nitrogens with zero attached hydrogens (tertiary/aromatic N) is 1. The van der Waals surface area contributed by atoms with Crippen LogP contribution in [-0.4, -0.2) is 25.8 Å². The minimum atomic E-state index is -0.113. The van der Waals surface area contributed by atoms with Crippen molar-refractivity contribution in [2.75, 3.05) is 19.7 Å². The van der Waals surface area contributed by atoms with Gasteiger partial charge in [0.25, 0.3) is 0 Å². The average molecular weight is 244 g/mol. The van der Waals surface area contributed by atoms with Crippen LogP contribution in [0.5, 0.6) is 0 Å². The Morgan fingerprint density at radius 3 is 2.72 bits per heavy atom. The zero-order chi connectivity index (χ0) is 13.2. The number of hydrogen-bond donors (Lipinski definition) is 1. The van der Waals surface area contributed by atoms with Crippen molar-refractivity contribution in [3.05, 3.63) is 48.6 Å². The topological polar surface area (TPSA) is 45.0 Å². The largest absolute Gasteiger partial charge is 0.373 e. The van der Waals surface area contributed by atoms with Gasteiger partial charge in [-0.3, -0.25) is 0 Å². The lowest BCUT2D eigenvalue weighted by Gasteiger charge is -2.15. The van der Waals surface area contributed by atoms with E-state index >= 15 is 0 Å². The molecule has 18 heavy (non-hydrogen) atoms. The molecule has 0 heterocycles. The van der Waals surface area contributed by atoms with Gasteiger partial charge in [-0.05, 0) is 12.5 Å². The predicted molar refractivity (Wildman–Crippen MR) is 73.3 cm³/mol. The number of rotatable bonds is 8. The first-order valence-electron chi connectivity index (χ1n) is 6.15. The van der Waals surface area contributed by atoms with Crippen molar-refractivity contribution in [2.24, 2.45) is 0 Å². The lowest BCUT2D eigenvalue weighted by atomic mass is 10.0. The molecular weight excluding hydrogens is 224 g/mol. The van der Waals surface area contributed by atoms with Crippen LogP contribution in [0.4, 0.5) is 0 Å². The second kappa shape index (κ2) is 8.46. The minimum Gasteiger partial charge on any atom is -0.373 e. The normalized spacial score (nSPS) is 13.6. The van der Waals surface area contributed by atoms with Gasteiger partial charge in [0.15, 0.2) is 0 Å². The van der Waals surface area contributed by atoms with E-state index in [1.807, 2.05) is 37.3 Å². The maximum Gasteiger partial charge on any atom is 0.0837 e. The van der Waals surface area contributed by atoms with Crippen molar-refractivity contribution in [3.63, 3.8) is 0 Å². The van der Waals surface area contributed by atoms with Crippen molar-refractivity contribution in [1.29, 1.82) is 5.26 Å². The van der Waals surface area contributed by atoms with Crippen molar-refractivity contribution in [3.8, 4) is 6.07 Å². The third-order valence-corrected chi connectivity index (χ3v) is 2.64. The molecule has 3 heteroatoms. The molecule has 2 atom stereocenters. The lowest BCUT2D eigenvalue weighted by Crippen LogP contribution is -2.30. The maximum absolute atomic E-state index is 9.15. The van der Waals surface area contributed by atoms with Crippen LogP contribution < -0.4 is 5.32 Å². The molecular formula is C15H20N2O. The van der Waals surface area contributed by atoms with Crippen molar-refractivity contribution in [1.82, 2.24) is 5.32 Å². The Bertz CT molecular complexity index is 383. The smallest absolute Gasteiger partial charge is 0.0837 e. The van der Waals surface area contributed by atoms with Crippen LogP contribution in [0.15, 0.2) is 43.0 Å². The molecule has 0 spiro atoms. The Labute approximate surface area is 109 Å². The van der Waals surface area contributed by atoms with E-state index in [1.165, 1.54) is 0 Å². The SMILES string of the molecule is C=CCOC(C)CNCC(C#N)c1ccccc1. The highest BCUT2D eigenvalue weighted by Crippen LogP contribution is 2.12. The van der Waals surface area contributed by atoms with Crippen LogP contribution in [0.3, 0.4) is 0 Å². The third kappa shape index (κ3) is 5.13. The number of benzene rings is 1. The Morgan fingerprint density at radius 1 is 1.39 bits per heavy atom. The molecule has 0 saturated carbocycles. The highest BCUT2D eigenvalue weighted by Gasteiger charge is 2.10. The van der Waals surface area contributed by atoms with E-state index in [0.29, 0.717) is 13.2 Å². The maximum atomic E-state index is 9.15. The number of nitriles is 1. The zero-order valence-corrected chi connectivity index (χ0v) is 10.8. The fourth-order valence-corrected chi connectivity index (χ4v) is 1.65. The summed E-state index contributed by atoms with van der Waals surface area (Å²) in [7, 11) is 0. The Balaban J connectivity index is 2.33. The number of nitrogens with one attached hydrogen (secondary N) is 1. The van der Waals surface area contributed by atoms with Crippen LogP contribution in [-0.2, 0) is 4.74 Å². The summed E-state index contributed by atoms with van der Waals surface area (Å²) in [6, 6.07) is 12.1. The second-order valence-corrected chi connectivity index (χ2v) is 4.18. The average Bonchev–Trinajstić information content (AvgIpc) is 2.42. The van der Waals surface area contributed by atoms with E-state index in [-0.39, 0.29) is 12.0 Å². The molecule has 1 N–H and O–H groups in total. The van der Waals surface area contributed by atoms with Crippen LogP contribution >= 0.6 is 0 Å². The van der Waals surface area contributed by atoms with Gasteiger partial charge in [0.05, 0.1) is 24.7 Å². The quantitative estimate of drug-likeness (QED) is 0.714. The third-order valence-electron chi connectivity index (χ3n) is 2.64. The molecule has 0 amide bonds. The fourth-order valence-electron chi connectivity index (χ4n) is 1.65. The molecule has 3 nitrogen and oxygen atoms in total. The van der Waals surface area contributed by atoms with Gasteiger partial charge in [0.1, 0.15) is 0 Å². The summed E-state index contributed by atoms with van der Waals surface area (Å²) in [4.78, 5) is 0. The fraction of sp³-hybridized carbons (Fsp3) is 0.400. The Morgan fingerprint density at radius 2 is 2.11 bits per heavy atom. The van der Waals surface area contributed by atoms with Crippen LogP contribution in [0.2, 0.25) is 0 Å². The molecule has 0 radical (unpaired) electrons. The highest BCUT2D eigenvalue weighted by atomic mass is 16.5. The first-order valence-corrected chi connectivity index (χ1v) is 6.15. The molecule has 0 aliphatic carbocycles. The van der Waals surface area contributed by atoms with Gasteiger partial charge in [-0.15, -0.1) is 6.58 Å². The van der Waals surface area contributed by atoms with E-state index in [0.717, 1.165) is 12.1 Å². The number of hydrogen-bond acceptors (Lipinski definition) is 3. The van der Waals surface area contributed by atoms with E-state index in [4.69, 9.17) is 10.00 Å². The van der Waals surface area contributed by atoms with E-state index in [2.05, 4.69) is 18.0 Å². The molecule has 2 unspecified atom stereocenters. The van der Waals surface area contributed by atoms with Crippen LogP contribution in [0, 0.1) is 11.3 Å². The molecule has 96 valence electrons. The zero-order valence-electron chi connectivity index (χ0n) is 10.8. The summed E-state index contributed by atoms with van der Waals surface area (Å²) >= 11 is 0. The van der Waals surface area contributed by atoms with E-state index in [9.17, 15) is 0 Å². The van der Waals surface area contributed by atoms with Gasteiger partial charge >= 0.3 is 0 Å². The molecule has 0 saturated heterocycles. The standard InChI is InChI=1S/C15H20N2O/c1-3-9-18-13(2)11-17-12-15(10-16)14-7-5-4-6-8-14/h3-8,13,15,17H,1,9,11-12H2,2H3. The van der Waals surface area contributed by atoms with Gasteiger partial charge in [-0.1, -0.05) is 36.4 Å². The van der Waals surface area contributed by atoms with Gasteiger partial charge in [0.2, 0.25) is 0 Å². The Hall–Kier alpha value is -1.63. The molecule has 0 fully saturated rings. The molecule has 0 aliphatic heterocycles. The van der Waals surface area contributed by atoms with E-state index < -0.39 is 0 Å². The predicted octanol–water partition coefficient (Wildman–Crippen LogP) is 2.47. The van der Waals surface area contributed by atoms with Crippen molar-refractivity contribution in [2.45, 2.75) is 18.9 Å². The van der Waals surface area contributed by atoms with Gasteiger partial charge in [-0.2, -0.15) is 5.26 Å². The molecule has 0 aromatic heterocycles. The monoisotopic (exact) mass is 244 g/mol. The highest BCUT2D eigenvalue weighted by molar-refractivity contribution is 5.24.